The third-order valence-electron chi connectivity index (χ3n) is 4.70. The average Bonchev–Trinajstić information content (AvgIpc) is 3.34. The Bertz CT molecular complexity index is 926. The number of Topliss-reactive ketones (excluding diaryl/α,β-unsaturated/α-hetero) is 1. The van der Waals surface area contributed by atoms with E-state index >= 15 is 0 Å². The van der Waals surface area contributed by atoms with Crippen LogP contribution in [0.1, 0.15) is 59.1 Å². The standard InChI is InChI=1S/C19H19N3O3/c1-3-18-21-19(22-25-18)14-6-7-15-12(8-14)4-5-13(15)9-16(23)17-10-20-11(2)24-17/h6-8,10,13H,3-5,9H2,1-2H3/t13-/m0/s1. The number of fused-ring (bicyclic) bond motifs is 1. The van der Waals surface area contributed by atoms with Crippen LogP contribution in [0, 0.1) is 6.92 Å². The van der Waals surface area contributed by atoms with Crippen LogP contribution in [0.2, 0.25) is 0 Å². The molecule has 0 amide bonds. The highest BCUT2D eigenvalue weighted by molar-refractivity contribution is 5.93. The second kappa shape index (κ2) is 6.27. The van der Waals surface area contributed by atoms with Crippen molar-refractivity contribution in [2.45, 2.75) is 45.4 Å². The van der Waals surface area contributed by atoms with Gasteiger partial charge in [0.05, 0.1) is 6.20 Å². The van der Waals surface area contributed by atoms with Crippen LogP contribution in [0.4, 0.5) is 0 Å². The molecule has 25 heavy (non-hydrogen) atoms. The van der Waals surface area contributed by atoms with E-state index in [0.717, 1.165) is 24.8 Å². The first kappa shape index (κ1) is 15.7. The van der Waals surface area contributed by atoms with Crippen molar-refractivity contribution in [3.8, 4) is 11.4 Å². The van der Waals surface area contributed by atoms with E-state index in [9.17, 15) is 4.79 Å². The summed E-state index contributed by atoms with van der Waals surface area (Å²) in [6, 6.07) is 6.20. The van der Waals surface area contributed by atoms with Gasteiger partial charge in [0.25, 0.3) is 0 Å². The summed E-state index contributed by atoms with van der Waals surface area (Å²) in [6.07, 6.45) is 4.60. The number of carbonyl (C=O) groups excluding carboxylic acids is 1. The summed E-state index contributed by atoms with van der Waals surface area (Å²) in [7, 11) is 0. The third-order valence-corrected chi connectivity index (χ3v) is 4.70. The van der Waals surface area contributed by atoms with Gasteiger partial charge in [-0.2, -0.15) is 4.98 Å². The van der Waals surface area contributed by atoms with Crippen LogP contribution in [0.3, 0.4) is 0 Å². The van der Waals surface area contributed by atoms with Crippen LogP contribution >= 0.6 is 0 Å². The summed E-state index contributed by atoms with van der Waals surface area (Å²) in [5.74, 6) is 2.36. The van der Waals surface area contributed by atoms with Gasteiger partial charge in [0.2, 0.25) is 11.7 Å². The van der Waals surface area contributed by atoms with Gasteiger partial charge >= 0.3 is 0 Å². The van der Waals surface area contributed by atoms with Crippen molar-refractivity contribution in [3.05, 3.63) is 53.1 Å². The van der Waals surface area contributed by atoms with E-state index in [0.29, 0.717) is 29.8 Å². The van der Waals surface area contributed by atoms with Gasteiger partial charge < -0.3 is 8.94 Å². The molecule has 4 rings (SSSR count). The molecule has 6 nitrogen and oxygen atoms in total. The molecule has 2 heterocycles. The number of nitrogens with zero attached hydrogens (tertiary/aromatic N) is 3. The van der Waals surface area contributed by atoms with E-state index in [1.54, 1.807) is 6.92 Å². The van der Waals surface area contributed by atoms with E-state index < -0.39 is 0 Å². The molecule has 1 aliphatic carbocycles. The van der Waals surface area contributed by atoms with Gasteiger partial charge in [-0.1, -0.05) is 24.2 Å². The van der Waals surface area contributed by atoms with Gasteiger partial charge in [-0.15, -0.1) is 0 Å². The molecule has 1 atom stereocenters. The summed E-state index contributed by atoms with van der Waals surface area (Å²) < 4.78 is 10.5. The molecular weight excluding hydrogens is 318 g/mol. The van der Waals surface area contributed by atoms with Crippen LogP contribution in [0.15, 0.2) is 33.3 Å². The quantitative estimate of drug-likeness (QED) is 0.657. The lowest BCUT2D eigenvalue weighted by Crippen LogP contribution is -2.04. The minimum Gasteiger partial charge on any atom is -0.438 e. The highest BCUT2D eigenvalue weighted by atomic mass is 16.5. The Hall–Kier alpha value is -2.76. The monoisotopic (exact) mass is 337 g/mol. The number of hydrogen-bond donors (Lipinski definition) is 0. The maximum absolute atomic E-state index is 12.4. The van der Waals surface area contributed by atoms with Crippen LogP contribution in [0.5, 0.6) is 0 Å². The largest absolute Gasteiger partial charge is 0.438 e. The maximum Gasteiger partial charge on any atom is 0.226 e. The van der Waals surface area contributed by atoms with Crippen LogP contribution in [-0.4, -0.2) is 20.9 Å². The van der Waals surface area contributed by atoms with E-state index in [2.05, 4.69) is 27.3 Å². The summed E-state index contributed by atoms with van der Waals surface area (Å²) in [5.41, 5.74) is 3.44. The van der Waals surface area contributed by atoms with E-state index in [4.69, 9.17) is 8.94 Å². The molecule has 0 unspecified atom stereocenters. The fourth-order valence-electron chi connectivity index (χ4n) is 3.39. The Morgan fingerprint density at radius 1 is 1.36 bits per heavy atom. The second-order valence-corrected chi connectivity index (χ2v) is 6.39. The Kier molecular flexibility index (Phi) is 3.95. The first-order chi connectivity index (χ1) is 12.1. The van der Waals surface area contributed by atoms with Crippen LogP contribution in [-0.2, 0) is 12.8 Å². The van der Waals surface area contributed by atoms with Crippen LogP contribution in [0.25, 0.3) is 11.4 Å². The Balaban J connectivity index is 1.54. The summed E-state index contributed by atoms with van der Waals surface area (Å²) in [5, 5.41) is 4.03. The Morgan fingerprint density at radius 3 is 2.96 bits per heavy atom. The number of oxazole rings is 1. The molecule has 0 saturated heterocycles. The Morgan fingerprint density at radius 2 is 2.24 bits per heavy atom. The first-order valence-corrected chi connectivity index (χ1v) is 8.55. The molecule has 0 aliphatic heterocycles. The number of rotatable bonds is 5. The van der Waals surface area contributed by atoms with Crippen LogP contribution < -0.4 is 0 Å². The van der Waals surface area contributed by atoms with Gasteiger partial charge in [-0.3, -0.25) is 4.79 Å². The van der Waals surface area contributed by atoms with Crippen molar-refractivity contribution in [2.75, 3.05) is 0 Å². The minimum absolute atomic E-state index is 0.00767. The average molecular weight is 337 g/mol. The molecule has 3 aromatic rings. The van der Waals surface area contributed by atoms with Gasteiger partial charge in [0, 0.05) is 25.3 Å². The normalized spacial score (nSPS) is 16.2. The van der Waals surface area contributed by atoms with E-state index in [-0.39, 0.29) is 11.7 Å². The number of ketones is 1. The zero-order valence-corrected chi connectivity index (χ0v) is 14.3. The molecule has 0 bridgehead atoms. The molecule has 0 saturated carbocycles. The number of benzene rings is 1. The van der Waals surface area contributed by atoms with Crippen molar-refractivity contribution < 1.29 is 13.7 Å². The smallest absolute Gasteiger partial charge is 0.226 e. The summed E-state index contributed by atoms with van der Waals surface area (Å²) in [4.78, 5) is 20.8. The third kappa shape index (κ3) is 2.99. The van der Waals surface area contributed by atoms with Crippen molar-refractivity contribution in [2.24, 2.45) is 0 Å². The van der Waals surface area contributed by atoms with Gasteiger partial charge in [-0.05, 0) is 36.0 Å². The SMILES string of the molecule is CCc1nc(-c2ccc3c(c2)CC[C@H]3CC(=O)c2cnc(C)o2)no1. The van der Waals surface area contributed by atoms with Crippen molar-refractivity contribution in [1.29, 1.82) is 0 Å². The van der Waals surface area contributed by atoms with E-state index in [1.807, 2.05) is 13.0 Å². The van der Waals surface area contributed by atoms with E-state index in [1.165, 1.54) is 17.3 Å². The zero-order chi connectivity index (χ0) is 17.4. The molecule has 1 aliphatic rings. The van der Waals surface area contributed by atoms with Crippen molar-refractivity contribution in [3.63, 3.8) is 0 Å². The fraction of sp³-hybridized carbons (Fsp3) is 0.368. The lowest BCUT2D eigenvalue weighted by atomic mass is 9.94. The summed E-state index contributed by atoms with van der Waals surface area (Å²) >= 11 is 0. The minimum atomic E-state index is 0.00767. The first-order valence-electron chi connectivity index (χ1n) is 8.55. The predicted octanol–water partition coefficient (Wildman–Crippen LogP) is 3.90. The highest BCUT2D eigenvalue weighted by Crippen LogP contribution is 2.38. The van der Waals surface area contributed by atoms with Gasteiger partial charge in [0.1, 0.15) is 0 Å². The number of aryl methyl sites for hydroxylation is 3. The Labute approximate surface area is 145 Å². The lowest BCUT2D eigenvalue weighted by molar-refractivity contribution is 0.0945. The molecule has 0 N–H and O–H groups in total. The summed E-state index contributed by atoms with van der Waals surface area (Å²) in [6.45, 7) is 3.72. The molecule has 0 fully saturated rings. The van der Waals surface area contributed by atoms with Crippen molar-refractivity contribution >= 4 is 5.78 Å². The van der Waals surface area contributed by atoms with Gasteiger partial charge in [-0.25, -0.2) is 4.98 Å². The second-order valence-electron chi connectivity index (χ2n) is 6.39. The number of hydrogen-bond acceptors (Lipinski definition) is 6. The van der Waals surface area contributed by atoms with Gasteiger partial charge in [0.15, 0.2) is 17.4 Å². The topological polar surface area (TPSA) is 82.0 Å². The molecule has 0 radical (unpaired) electrons. The molecule has 0 spiro atoms. The fourth-order valence-corrected chi connectivity index (χ4v) is 3.39. The molecular formula is C19H19N3O3. The molecule has 128 valence electrons. The molecule has 2 aromatic heterocycles. The molecule has 6 heteroatoms. The maximum atomic E-state index is 12.4. The predicted molar refractivity (Wildman–Crippen MR) is 90.4 cm³/mol. The molecule has 1 aromatic carbocycles. The zero-order valence-electron chi connectivity index (χ0n) is 14.3. The highest BCUT2D eigenvalue weighted by Gasteiger charge is 2.27. The number of carbonyl (C=O) groups is 1. The lowest BCUT2D eigenvalue weighted by Gasteiger charge is -2.10. The number of aromatic nitrogens is 3. The van der Waals surface area contributed by atoms with Crippen molar-refractivity contribution in [1.82, 2.24) is 15.1 Å².